The number of alkyl halides is 3. The molecule has 3 aromatic rings. The lowest BCUT2D eigenvalue weighted by atomic mass is 9.84. The van der Waals surface area contributed by atoms with Crippen LogP contribution in [-0.2, 0) is 22.4 Å². The molecule has 1 unspecified atom stereocenters. The van der Waals surface area contributed by atoms with Gasteiger partial charge in [-0.15, -0.1) is 0 Å². The normalized spacial score (nSPS) is 17.5. The number of amides is 1. The number of aromatic amines is 1. The van der Waals surface area contributed by atoms with Crippen LogP contribution in [-0.4, -0.2) is 69.4 Å². The minimum absolute atomic E-state index is 0.0520. The third kappa shape index (κ3) is 6.25. The Kier molecular flexibility index (Phi) is 7.74. The monoisotopic (exact) mass is 519 g/mol. The molecular weight excluding hydrogens is 494 g/mol. The van der Waals surface area contributed by atoms with Crippen LogP contribution in [0, 0.1) is 11.7 Å². The number of carbonyl (C=O) groups is 2. The largest absolute Gasteiger partial charge is 0.490 e. The lowest BCUT2D eigenvalue weighted by molar-refractivity contribution is -0.192. The fraction of sp³-hybridized carbons (Fsp3) is 0.360. The summed E-state index contributed by atoms with van der Waals surface area (Å²) in [5.74, 6) is -1.91. The zero-order valence-electron chi connectivity index (χ0n) is 19.7. The molecule has 1 aliphatic heterocycles. The number of carboxylic acids is 1. The van der Waals surface area contributed by atoms with Crippen LogP contribution in [0.1, 0.15) is 17.7 Å². The molecule has 8 nitrogen and oxygen atoms in total. The van der Waals surface area contributed by atoms with Crippen molar-refractivity contribution in [2.24, 2.45) is 5.92 Å². The Labute approximate surface area is 209 Å². The molecule has 1 amide bonds. The van der Waals surface area contributed by atoms with E-state index in [1.165, 1.54) is 12.1 Å². The summed E-state index contributed by atoms with van der Waals surface area (Å²) >= 11 is 0. The fourth-order valence-corrected chi connectivity index (χ4v) is 4.54. The van der Waals surface area contributed by atoms with E-state index in [0.717, 1.165) is 54.3 Å². The predicted molar refractivity (Wildman–Crippen MR) is 126 cm³/mol. The number of anilines is 1. The van der Waals surface area contributed by atoms with Crippen molar-refractivity contribution < 1.29 is 32.3 Å². The molecule has 5 rings (SSSR count). The summed E-state index contributed by atoms with van der Waals surface area (Å²) in [5, 5.41) is 14.6. The third-order valence-corrected chi connectivity index (χ3v) is 6.40. The van der Waals surface area contributed by atoms with Gasteiger partial charge in [-0.1, -0.05) is 18.2 Å². The van der Waals surface area contributed by atoms with Crippen molar-refractivity contribution in [3.63, 3.8) is 0 Å². The standard InChI is InChI=1S/C23H24FN5O.C2HF3O2/c24-18-5-3-4-16(14-18)22-19-15-17(7-8-20(19)26-27-22)23(30)29-12-10-28(11-13-29)21-6-1-2-9-25-21;3-2(4,5)1(6)7/h1-6,9,14,17H,7-8,10-13,15H2,(H,26,27);(H,6,7). The number of rotatable bonds is 3. The first kappa shape index (κ1) is 26.1. The van der Waals surface area contributed by atoms with Crippen molar-refractivity contribution in [3.05, 3.63) is 65.7 Å². The number of H-pyrrole nitrogens is 1. The van der Waals surface area contributed by atoms with E-state index in [1.54, 1.807) is 12.3 Å². The van der Waals surface area contributed by atoms with Gasteiger partial charge in [0.2, 0.25) is 5.91 Å². The minimum Gasteiger partial charge on any atom is -0.475 e. The highest BCUT2D eigenvalue weighted by Gasteiger charge is 2.38. The lowest BCUT2D eigenvalue weighted by Gasteiger charge is -2.37. The highest BCUT2D eigenvalue weighted by molar-refractivity contribution is 5.80. The van der Waals surface area contributed by atoms with Gasteiger partial charge in [0.25, 0.3) is 0 Å². The molecule has 1 fully saturated rings. The summed E-state index contributed by atoms with van der Waals surface area (Å²) in [6.07, 6.45) is -1.02. The van der Waals surface area contributed by atoms with Crippen LogP contribution in [0.2, 0.25) is 0 Å². The van der Waals surface area contributed by atoms with Gasteiger partial charge in [0.15, 0.2) is 0 Å². The smallest absolute Gasteiger partial charge is 0.475 e. The Bertz CT molecular complexity index is 1240. The Hall–Kier alpha value is -3.96. The van der Waals surface area contributed by atoms with E-state index in [1.807, 2.05) is 29.2 Å². The minimum atomic E-state index is -5.08. The van der Waals surface area contributed by atoms with Gasteiger partial charge >= 0.3 is 12.1 Å². The van der Waals surface area contributed by atoms with Crippen molar-refractivity contribution in [1.82, 2.24) is 20.1 Å². The lowest BCUT2D eigenvalue weighted by Crippen LogP contribution is -2.51. The van der Waals surface area contributed by atoms with E-state index in [9.17, 15) is 22.4 Å². The highest BCUT2D eigenvalue weighted by atomic mass is 19.4. The maximum Gasteiger partial charge on any atom is 0.490 e. The number of fused-ring (bicyclic) bond motifs is 1. The quantitative estimate of drug-likeness (QED) is 0.512. The molecule has 2 N–H and O–H groups in total. The summed E-state index contributed by atoms with van der Waals surface area (Å²) in [5.41, 5.74) is 3.64. The van der Waals surface area contributed by atoms with Gasteiger partial charge in [0.1, 0.15) is 11.6 Å². The average molecular weight is 519 g/mol. The molecule has 37 heavy (non-hydrogen) atoms. The number of benzene rings is 1. The van der Waals surface area contributed by atoms with Crippen LogP contribution < -0.4 is 4.90 Å². The predicted octanol–water partition coefficient (Wildman–Crippen LogP) is 3.70. The number of aliphatic carboxylic acids is 1. The van der Waals surface area contributed by atoms with Crippen LogP contribution >= 0.6 is 0 Å². The van der Waals surface area contributed by atoms with Crippen molar-refractivity contribution >= 4 is 17.7 Å². The zero-order valence-corrected chi connectivity index (χ0v) is 19.7. The summed E-state index contributed by atoms with van der Waals surface area (Å²) in [7, 11) is 0. The number of piperazine rings is 1. The highest BCUT2D eigenvalue weighted by Crippen LogP contribution is 2.33. The Morgan fingerprint density at radius 1 is 1.05 bits per heavy atom. The molecule has 1 aliphatic carbocycles. The first-order valence-electron chi connectivity index (χ1n) is 11.7. The van der Waals surface area contributed by atoms with Crippen molar-refractivity contribution in [2.75, 3.05) is 31.1 Å². The van der Waals surface area contributed by atoms with E-state index in [0.29, 0.717) is 19.5 Å². The molecular formula is C25H25F4N5O3. The fourth-order valence-electron chi connectivity index (χ4n) is 4.54. The van der Waals surface area contributed by atoms with E-state index in [4.69, 9.17) is 9.90 Å². The number of nitrogens with one attached hydrogen (secondary N) is 1. The van der Waals surface area contributed by atoms with Gasteiger partial charge in [-0.25, -0.2) is 14.2 Å². The molecule has 2 aliphatic rings. The SMILES string of the molecule is O=C(C1CCc2[nH]nc(-c3cccc(F)c3)c2C1)N1CCN(c2ccccn2)CC1.O=C(O)C(F)(F)F. The second-order valence-electron chi connectivity index (χ2n) is 8.78. The van der Waals surface area contributed by atoms with E-state index in [2.05, 4.69) is 20.1 Å². The molecule has 196 valence electrons. The zero-order chi connectivity index (χ0) is 26.6. The summed E-state index contributed by atoms with van der Waals surface area (Å²) in [6.45, 7) is 3.00. The van der Waals surface area contributed by atoms with Gasteiger partial charge in [-0.3, -0.25) is 9.89 Å². The molecule has 3 heterocycles. The van der Waals surface area contributed by atoms with Gasteiger partial charge in [0, 0.05) is 55.1 Å². The summed E-state index contributed by atoms with van der Waals surface area (Å²) in [6, 6.07) is 12.4. The van der Waals surface area contributed by atoms with Crippen LogP contribution in [0.5, 0.6) is 0 Å². The number of aryl methyl sites for hydroxylation is 1. The molecule has 2 aromatic heterocycles. The molecule has 0 spiro atoms. The van der Waals surface area contributed by atoms with E-state index in [-0.39, 0.29) is 17.6 Å². The molecule has 12 heteroatoms. The third-order valence-electron chi connectivity index (χ3n) is 6.40. The number of hydrogen-bond donors (Lipinski definition) is 2. The van der Waals surface area contributed by atoms with Crippen molar-refractivity contribution in [3.8, 4) is 11.3 Å². The van der Waals surface area contributed by atoms with Crippen LogP contribution in [0.3, 0.4) is 0 Å². The molecule has 0 saturated carbocycles. The van der Waals surface area contributed by atoms with Gasteiger partial charge in [-0.2, -0.15) is 18.3 Å². The van der Waals surface area contributed by atoms with Crippen LogP contribution in [0.15, 0.2) is 48.7 Å². The number of carbonyl (C=O) groups excluding carboxylic acids is 1. The Morgan fingerprint density at radius 3 is 2.41 bits per heavy atom. The van der Waals surface area contributed by atoms with E-state index < -0.39 is 12.1 Å². The number of carboxylic acid groups (broad SMARTS) is 1. The van der Waals surface area contributed by atoms with Crippen molar-refractivity contribution in [2.45, 2.75) is 25.4 Å². The molecule has 0 radical (unpaired) electrons. The Balaban J connectivity index is 0.000000405. The number of nitrogens with zero attached hydrogens (tertiary/aromatic N) is 4. The number of aromatic nitrogens is 3. The first-order valence-corrected chi connectivity index (χ1v) is 11.7. The van der Waals surface area contributed by atoms with Gasteiger partial charge in [0.05, 0.1) is 5.69 Å². The molecule has 1 atom stereocenters. The summed E-state index contributed by atoms with van der Waals surface area (Å²) in [4.78, 5) is 30.7. The van der Waals surface area contributed by atoms with Crippen LogP contribution in [0.25, 0.3) is 11.3 Å². The van der Waals surface area contributed by atoms with Crippen LogP contribution in [0.4, 0.5) is 23.4 Å². The maximum absolute atomic E-state index is 13.7. The Morgan fingerprint density at radius 2 is 1.78 bits per heavy atom. The summed E-state index contributed by atoms with van der Waals surface area (Å²) < 4.78 is 45.4. The average Bonchev–Trinajstić information content (AvgIpc) is 3.32. The molecule has 1 aromatic carbocycles. The van der Waals surface area contributed by atoms with Gasteiger partial charge in [-0.05, 0) is 43.5 Å². The maximum atomic E-state index is 13.7. The number of pyridine rings is 1. The first-order chi connectivity index (χ1) is 17.6. The second-order valence-corrected chi connectivity index (χ2v) is 8.78. The second kappa shape index (κ2) is 11.0. The molecule has 0 bridgehead atoms. The number of halogens is 4. The van der Waals surface area contributed by atoms with Gasteiger partial charge < -0.3 is 14.9 Å². The topological polar surface area (TPSA) is 102 Å². The molecule has 1 saturated heterocycles. The van der Waals surface area contributed by atoms with Crippen molar-refractivity contribution in [1.29, 1.82) is 0 Å². The number of hydrogen-bond acceptors (Lipinski definition) is 5. The van der Waals surface area contributed by atoms with E-state index >= 15 is 0 Å².